The highest BCUT2D eigenvalue weighted by Crippen LogP contribution is 2.08. The molecule has 5 heteroatoms. The minimum absolute atomic E-state index is 0.159. The third kappa shape index (κ3) is 2.55. The molecule has 0 heterocycles. The third-order valence-corrected chi connectivity index (χ3v) is 3.08. The highest BCUT2D eigenvalue weighted by molar-refractivity contribution is 7.92. The van der Waals surface area contributed by atoms with E-state index in [2.05, 4.69) is 5.10 Å². The summed E-state index contributed by atoms with van der Waals surface area (Å²) in [5.41, 5.74) is 0. The van der Waals surface area contributed by atoms with Crippen LogP contribution in [0.5, 0.6) is 0 Å². The fourth-order valence-corrected chi connectivity index (χ4v) is 1.91. The zero-order valence-corrected chi connectivity index (χ0v) is 7.74. The van der Waals surface area contributed by atoms with E-state index in [4.69, 9.17) is 5.84 Å². The standard InChI is InChI=1S/C8H10N2O2S/c9-10-6-7-13(11,12)8-4-2-1-3-5-8/h1-6H,7,9H2/b10-6+. The summed E-state index contributed by atoms with van der Waals surface area (Å²) in [6.45, 7) is 0. The normalized spacial score (nSPS) is 12.0. The average Bonchev–Trinajstić information content (AvgIpc) is 2.16. The lowest BCUT2D eigenvalue weighted by Gasteiger charge is -1.98. The lowest BCUT2D eigenvalue weighted by Crippen LogP contribution is -2.08. The molecule has 0 amide bonds. The van der Waals surface area contributed by atoms with Crippen LogP contribution < -0.4 is 5.84 Å². The maximum Gasteiger partial charge on any atom is 0.183 e. The highest BCUT2D eigenvalue weighted by Gasteiger charge is 2.11. The molecule has 0 spiro atoms. The van der Waals surface area contributed by atoms with Crippen LogP contribution in [0.4, 0.5) is 0 Å². The van der Waals surface area contributed by atoms with Gasteiger partial charge in [-0.15, -0.1) is 0 Å². The number of benzene rings is 1. The molecular weight excluding hydrogens is 188 g/mol. The molecule has 1 aromatic rings. The molecule has 1 rings (SSSR count). The summed E-state index contributed by atoms with van der Waals surface area (Å²) in [7, 11) is -3.25. The Morgan fingerprint density at radius 1 is 1.31 bits per heavy atom. The first-order valence-corrected chi connectivity index (χ1v) is 5.31. The van der Waals surface area contributed by atoms with Gasteiger partial charge in [0.15, 0.2) is 9.84 Å². The molecule has 13 heavy (non-hydrogen) atoms. The second kappa shape index (κ2) is 4.04. The Morgan fingerprint density at radius 3 is 2.46 bits per heavy atom. The summed E-state index contributed by atoms with van der Waals surface area (Å²) in [6, 6.07) is 8.19. The highest BCUT2D eigenvalue weighted by atomic mass is 32.2. The van der Waals surface area contributed by atoms with E-state index in [0.717, 1.165) is 0 Å². The van der Waals surface area contributed by atoms with Gasteiger partial charge in [0.05, 0.1) is 10.6 Å². The van der Waals surface area contributed by atoms with Gasteiger partial charge in [-0.25, -0.2) is 8.42 Å². The first-order chi connectivity index (χ1) is 6.17. The number of hydrogen-bond donors (Lipinski definition) is 1. The van der Waals surface area contributed by atoms with Crippen LogP contribution in [-0.4, -0.2) is 20.4 Å². The first-order valence-electron chi connectivity index (χ1n) is 3.66. The number of nitrogens with zero attached hydrogens (tertiary/aromatic N) is 1. The lowest BCUT2D eigenvalue weighted by molar-refractivity contribution is 0.600. The smallest absolute Gasteiger partial charge is 0.183 e. The fraction of sp³-hybridized carbons (Fsp3) is 0.125. The molecular formula is C8H10N2O2S. The SMILES string of the molecule is N/N=C/CS(=O)(=O)c1ccccc1. The Balaban J connectivity index is 2.95. The molecule has 0 aliphatic heterocycles. The molecule has 0 radical (unpaired) electrons. The van der Waals surface area contributed by atoms with Crippen molar-refractivity contribution in [2.24, 2.45) is 10.9 Å². The van der Waals surface area contributed by atoms with Crippen LogP contribution in [0.15, 0.2) is 40.3 Å². The Bertz CT molecular complexity index is 384. The molecule has 0 aliphatic carbocycles. The molecule has 0 aliphatic rings. The van der Waals surface area contributed by atoms with Crippen molar-refractivity contribution < 1.29 is 8.42 Å². The van der Waals surface area contributed by atoms with Gasteiger partial charge >= 0.3 is 0 Å². The van der Waals surface area contributed by atoms with Crippen molar-refractivity contribution >= 4 is 16.1 Å². The molecule has 0 bridgehead atoms. The van der Waals surface area contributed by atoms with Crippen LogP contribution in [-0.2, 0) is 9.84 Å². The monoisotopic (exact) mass is 198 g/mol. The number of sulfone groups is 1. The first kappa shape index (κ1) is 9.73. The molecule has 70 valence electrons. The summed E-state index contributed by atoms with van der Waals surface area (Å²) in [4.78, 5) is 0.287. The molecule has 4 nitrogen and oxygen atoms in total. The Labute approximate surface area is 77.0 Å². The summed E-state index contributed by atoms with van der Waals surface area (Å²) >= 11 is 0. The maximum atomic E-state index is 11.4. The van der Waals surface area contributed by atoms with Crippen molar-refractivity contribution in [3.05, 3.63) is 30.3 Å². The van der Waals surface area contributed by atoms with Crippen molar-refractivity contribution in [1.82, 2.24) is 0 Å². The molecule has 2 N–H and O–H groups in total. The van der Waals surface area contributed by atoms with E-state index in [1.807, 2.05) is 0 Å². The minimum atomic E-state index is -3.25. The topological polar surface area (TPSA) is 72.5 Å². The fourth-order valence-electron chi connectivity index (χ4n) is 0.865. The van der Waals surface area contributed by atoms with Gasteiger partial charge in [0, 0.05) is 6.21 Å². The van der Waals surface area contributed by atoms with Gasteiger partial charge in [0.25, 0.3) is 0 Å². The molecule has 0 atom stereocenters. The molecule has 0 fully saturated rings. The Kier molecular flexibility index (Phi) is 3.02. The summed E-state index contributed by atoms with van der Waals surface area (Å²) in [5, 5.41) is 3.14. The van der Waals surface area contributed by atoms with Crippen molar-refractivity contribution in [1.29, 1.82) is 0 Å². The number of hydrazone groups is 1. The Morgan fingerprint density at radius 2 is 1.92 bits per heavy atom. The van der Waals surface area contributed by atoms with E-state index in [1.165, 1.54) is 6.21 Å². The van der Waals surface area contributed by atoms with Gasteiger partial charge in [0.2, 0.25) is 0 Å². The van der Waals surface area contributed by atoms with Crippen LogP contribution in [0.1, 0.15) is 0 Å². The van der Waals surface area contributed by atoms with Gasteiger partial charge in [-0.1, -0.05) is 18.2 Å². The quantitative estimate of drug-likeness (QED) is 0.434. The maximum absolute atomic E-state index is 11.4. The van der Waals surface area contributed by atoms with E-state index in [1.54, 1.807) is 30.3 Å². The van der Waals surface area contributed by atoms with Crippen molar-refractivity contribution in [3.8, 4) is 0 Å². The zero-order valence-electron chi connectivity index (χ0n) is 6.92. The van der Waals surface area contributed by atoms with Crippen molar-refractivity contribution in [2.45, 2.75) is 4.90 Å². The van der Waals surface area contributed by atoms with Crippen molar-refractivity contribution in [3.63, 3.8) is 0 Å². The van der Waals surface area contributed by atoms with Crippen LogP contribution in [0.25, 0.3) is 0 Å². The average molecular weight is 198 g/mol. The molecule has 0 unspecified atom stereocenters. The second-order valence-electron chi connectivity index (χ2n) is 2.43. The van der Waals surface area contributed by atoms with Crippen LogP contribution >= 0.6 is 0 Å². The van der Waals surface area contributed by atoms with Crippen LogP contribution in [0.3, 0.4) is 0 Å². The van der Waals surface area contributed by atoms with Crippen molar-refractivity contribution in [2.75, 3.05) is 5.75 Å². The second-order valence-corrected chi connectivity index (χ2v) is 4.46. The number of hydrogen-bond acceptors (Lipinski definition) is 4. The number of nitrogens with two attached hydrogens (primary N) is 1. The van der Waals surface area contributed by atoms with E-state index < -0.39 is 9.84 Å². The van der Waals surface area contributed by atoms with E-state index >= 15 is 0 Å². The van der Waals surface area contributed by atoms with E-state index in [9.17, 15) is 8.42 Å². The van der Waals surface area contributed by atoms with Gasteiger partial charge in [-0.2, -0.15) is 5.10 Å². The summed E-state index contributed by atoms with van der Waals surface area (Å²) in [6.07, 6.45) is 1.17. The lowest BCUT2D eigenvalue weighted by atomic mass is 10.4. The number of rotatable bonds is 3. The minimum Gasteiger partial charge on any atom is -0.324 e. The predicted molar refractivity (Wildman–Crippen MR) is 51.2 cm³/mol. The van der Waals surface area contributed by atoms with E-state index in [0.29, 0.717) is 0 Å². The largest absolute Gasteiger partial charge is 0.324 e. The molecule has 0 aromatic heterocycles. The van der Waals surface area contributed by atoms with Gasteiger partial charge in [-0.3, -0.25) is 0 Å². The van der Waals surface area contributed by atoms with Crippen LogP contribution in [0.2, 0.25) is 0 Å². The zero-order chi connectivity index (χ0) is 9.73. The predicted octanol–water partition coefficient (Wildman–Crippen LogP) is 0.405. The Hall–Kier alpha value is -1.36. The molecule has 1 aromatic carbocycles. The summed E-state index contributed by atoms with van der Waals surface area (Å²) < 4.78 is 22.9. The molecule has 0 saturated heterocycles. The van der Waals surface area contributed by atoms with Gasteiger partial charge < -0.3 is 5.84 Å². The van der Waals surface area contributed by atoms with Crippen LogP contribution in [0, 0.1) is 0 Å². The van der Waals surface area contributed by atoms with Gasteiger partial charge in [0.1, 0.15) is 0 Å². The van der Waals surface area contributed by atoms with E-state index in [-0.39, 0.29) is 10.6 Å². The van der Waals surface area contributed by atoms with Gasteiger partial charge in [-0.05, 0) is 12.1 Å². The third-order valence-electron chi connectivity index (χ3n) is 1.50. The molecule has 0 saturated carbocycles. The summed E-state index contributed by atoms with van der Waals surface area (Å²) in [5.74, 6) is 4.66.